The van der Waals surface area contributed by atoms with Crippen LogP contribution in [-0.4, -0.2) is 36.8 Å². The van der Waals surface area contributed by atoms with Gasteiger partial charge in [-0.25, -0.2) is 14.5 Å². The van der Waals surface area contributed by atoms with Gasteiger partial charge < -0.3 is 4.57 Å². The third-order valence-corrected chi connectivity index (χ3v) is 6.36. The van der Waals surface area contributed by atoms with Crippen molar-refractivity contribution in [2.45, 2.75) is 38.6 Å². The lowest BCUT2D eigenvalue weighted by atomic mass is 10.2. The molecule has 0 unspecified atom stereocenters. The monoisotopic (exact) mass is 486 g/mol. The quantitative estimate of drug-likeness (QED) is 0.217. The second kappa shape index (κ2) is 9.09. The first-order valence-electron chi connectivity index (χ1n) is 10.4. The zero-order chi connectivity index (χ0) is 24.6. The van der Waals surface area contributed by atoms with Gasteiger partial charge in [-0.05, 0) is 56.7 Å². The maximum atomic E-state index is 13.3. The van der Waals surface area contributed by atoms with Gasteiger partial charge in [0.05, 0.1) is 16.7 Å². The summed E-state index contributed by atoms with van der Waals surface area (Å²) in [6.45, 7) is 3.75. The summed E-state index contributed by atoms with van der Waals surface area (Å²) in [6, 6.07) is 11.9. The number of thioether (sulfide) groups is 1. The van der Waals surface area contributed by atoms with Gasteiger partial charge in [-0.2, -0.15) is 13.2 Å². The summed E-state index contributed by atoms with van der Waals surface area (Å²) in [5.74, 6) is -0.0772. The van der Waals surface area contributed by atoms with Crippen molar-refractivity contribution in [1.82, 2.24) is 19.1 Å². The van der Waals surface area contributed by atoms with E-state index < -0.39 is 12.7 Å². The van der Waals surface area contributed by atoms with E-state index in [0.717, 1.165) is 21.9 Å². The van der Waals surface area contributed by atoms with E-state index in [1.807, 2.05) is 6.92 Å². The molecule has 0 aliphatic rings. The molecule has 0 spiro atoms. The van der Waals surface area contributed by atoms with Crippen LogP contribution in [0.2, 0.25) is 0 Å². The summed E-state index contributed by atoms with van der Waals surface area (Å²) in [5, 5.41) is 0.691. The topological polar surface area (TPSA) is 69.8 Å². The van der Waals surface area contributed by atoms with Gasteiger partial charge in [-0.3, -0.25) is 9.59 Å². The Bertz CT molecular complexity index is 1460. The summed E-state index contributed by atoms with van der Waals surface area (Å²) in [4.78, 5) is 35.1. The molecular weight excluding hydrogens is 465 g/mol. The number of halogens is 3. The van der Waals surface area contributed by atoms with Gasteiger partial charge in [0.2, 0.25) is 0 Å². The smallest absolute Gasteiger partial charge is 0.339 e. The molecule has 3 aromatic heterocycles. The van der Waals surface area contributed by atoms with E-state index in [1.165, 1.54) is 24.5 Å². The molecule has 0 bridgehead atoms. The zero-order valence-corrected chi connectivity index (χ0v) is 19.5. The first kappa shape index (κ1) is 23.7. The van der Waals surface area contributed by atoms with Crippen molar-refractivity contribution >= 4 is 28.4 Å². The number of Topliss-reactive ketones (excluding diaryl/α,β-unsaturated/α-hetero) is 1. The lowest BCUT2D eigenvalue weighted by Gasteiger charge is -2.13. The van der Waals surface area contributed by atoms with Crippen molar-refractivity contribution in [2.75, 3.05) is 5.75 Å². The summed E-state index contributed by atoms with van der Waals surface area (Å²) in [5.41, 5.74) is 1.89. The van der Waals surface area contributed by atoms with Gasteiger partial charge >= 0.3 is 6.18 Å². The van der Waals surface area contributed by atoms with E-state index in [2.05, 4.69) is 9.97 Å². The molecule has 10 heteroatoms. The Morgan fingerprint density at radius 3 is 2.53 bits per heavy atom. The summed E-state index contributed by atoms with van der Waals surface area (Å²) in [6.07, 6.45) is -2.81. The number of carbonyl (C=O) groups excluding carboxylic acids is 1. The molecule has 34 heavy (non-hydrogen) atoms. The maximum absolute atomic E-state index is 13.3. The summed E-state index contributed by atoms with van der Waals surface area (Å²) in [7, 11) is 0. The van der Waals surface area contributed by atoms with Gasteiger partial charge in [-0.15, -0.1) is 0 Å². The molecular formula is C24H21F3N4O2S. The van der Waals surface area contributed by atoms with Gasteiger partial charge in [0.1, 0.15) is 12.4 Å². The van der Waals surface area contributed by atoms with Crippen molar-refractivity contribution < 1.29 is 18.0 Å². The van der Waals surface area contributed by atoms with Crippen LogP contribution in [0.15, 0.2) is 58.6 Å². The van der Waals surface area contributed by atoms with Crippen LogP contribution in [0.3, 0.4) is 0 Å². The third kappa shape index (κ3) is 4.77. The van der Waals surface area contributed by atoms with E-state index in [9.17, 15) is 22.8 Å². The van der Waals surface area contributed by atoms with E-state index in [1.54, 1.807) is 42.6 Å². The number of benzene rings is 1. The molecule has 0 amide bonds. The molecule has 0 radical (unpaired) electrons. The first-order chi connectivity index (χ1) is 16.0. The van der Waals surface area contributed by atoms with Crippen LogP contribution in [0.5, 0.6) is 0 Å². The Morgan fingerprint density at radius 2 is 1.82 bits per heavy atom. The van der Waals surface area contributed by atoms with Crippen molar-refractivity contribution in [3.05, 3.63) is 81.5 Å². The number of hydrogen-bond acceptors (Lipinski definition) is 5. The van der Waals surface area contributed by atoms with Crippen LogP contribution >= 0.6 is 11.8 Å². The fourth-order valence-electron chi connectivity index (χ4n) is 3.77. The standard InChI is InChI=1S/C24H21F3N4O2S/c1-14-8-9-28-21(10-14)31-22(33)17-6-4-5-7-19(17)29-23(31)34-12-20(32)18-11-15(2)30(16(18)3)13-24(25,26)27/h4-11H,12-13H2,1-3H3. The Labute approximate surface area is 197 Å². The van der Waals surface area contributed by atoms with Crippen molar-refractivity contribution in [1.29, 1.82) is 0 Å². The maximum Gasteiger partial charge on any atom is 0.406 e. The number of para-hydroxylation sites is 1. The second-order valence-corrected chi connectivity index (χ2v) is 8.88. The number of aromatic nitrogens is 4. The predicted molar refractivity (Wildman–Crippen MR) is 125 cm³/mol. The Kier molecular flexibility index (Phi) is 6.35. The molecule has 4 aromatic rings. The van der Waals surface area contributed by atoms with Gasteiger partial charge in [-0.1, -0.05) is 23.9 Å². The molecule has 0 fully saturated rings. The van der Waals surface area contributed by atoms with Crippen molar-refractivity contribution in [2.24, 2.45) is 0 Å². The predicted octanol–water partition coefficient (Wildman–Crippen LogP) is 5.04. The van der Waals surface area contributed by atoms with Crippen LogP contribution in [0, 0.1) is 20.8 Å². The van der Waals surface area contributed by atoms with Crippen LogP contribution in [-0.2, 0) is 6.54 Å². The van der Waals surface area contributed by atoms with Crippen LogP contribution in [0.1, 0.15) is 27.3 Å². The molecule has 0 saturated heterocycles. The minimum Gasteiger partial charge on any atom is -0.339 e. The van der Waals surface area contributed by atoms with E-state index in [4.69, 9.17) is 0 Å². The number of hydrogen-bond donors (Lipinski definition) is 0. The first-order valence-corrected chi connectivity index (χ1v) is 11.4. The van der Waals surface area contributed by atoms with E-state index >= 15 is 0 Å². The summed E-state index contributed by atoms with van der Waals surface area (Å²) >= 11 is 1.05. The fourth-order valence-corrected chi connectivity index (χ4v) is 4.65. The van der Waals surface area contributed by atoms with Crippen molar-refractivity contribution in [3.8, 4) is 5.82 Å². The number of alkyl halides is 3. The van der Waals surface area contributed by atoms with Crippen LogP contribution < -0.4 is 5.56 Å². The molecule has 4 rings (SSSR count). The normalized spacial score (nSPS) is 11.8. The number of fused-ring (bicyclic) bond motifs is 1. The fraction of sp³-hybridized carbons (Fsp3) is 0.250. The molecule has 1 aromatic carbocycles. The largest absolute Gasteiger partial charge is 0.406 e. The number of nitrogens with zero attached hydrogens (tertiary/aromatic N) is 4. The third-order valence-electron chi connectivity index (χ3n) is 5.42. The molecule has 0 atom stereocenters. The number of aryl methyl sites for hydroxylation is 2. The Hall–Kier alpha value is -3.40. The number of rotatable bonds is 6. The Balaban J connectivity index is 1.71. The van der Waals surface area contributed by atoms with E-state index in [0.29, 0.717) is 22.4 Å². The molecule has 0 aliphatic heterocycles. The highest BCUT2D eigenvalue weighted by atomic mass is 32.2. The minimum absolute atomic E-state index is 0.104. The van der Waals surface area contributed by atoms with Crippen molar-refractivity contribution in [3.63, 3.8) is 0 Å². The lowest BCUT2D eigenvalue weighted by Crippen LogP contribution is -2.23. The minimum atomic E-state index is -4.39. The molecule has 3 heterocycles. The molecule has 0 saturated carbocycles. The second-order valence-electron chi connectivity index (χ2n) is 7.94. The van der Waals surface area contributed by atoms with Gasteiger partial charge in [0.25, 0.3) is 5.56 Å². The molecule has 0 aliphatic carbocycles. The Morgan fingerprint density at radius 1 is 1.09 bits per heavy atom. The molecule has 6 nitrogen and oxygen atoms in total. The summed E-state index contributed by atoms with van der Waals surface area (Å²) < 4.78 is 41.2. The number of carbonyl (C=O) groups is 1. The highest BCUT2D eigenvalue weighted by Gasteiger charge is 2.30. The zero-order valence-electron chi connectivity index (χ0n) is 18.7. The highest BCUT2D eigenvalue weighted by Crippen LogP contribution is 2.26. The SMILES string of the molecule is Cc1ccnc(-n2c(SCC(=O)c3cc(C)n(CC(F)(F)F)c3C)nc3ccccc3c2=O)c1. The van der Waals surface area contributed by atoms with E-state index in [-0.39, 0.29) is 33.5 Å². The van der Waals surface area contributed by atoms with Crippen LogP contribution in [0.25, 0.3) is 16.7 Å². The average Bonchev–Trinajstić information content (AvgIpc) is 3.04. The number of pyridine rings is 1. The highest BCUT2D eigenvalue weighted by molar-refractivity contribution is 7.99. The molecule has 176 valence electrons. The van der Waals surface area contributed by atoms with Gasteiger partial charge in [0.15, 0.2) is 10.9 Å². The van der Waals surface area contributed by atoms with Gasteiger partial charge in [0, 0.05) is 23.1 Å². The average molecular weight is 487 g/mol. The molecule has 0 N–H and O–H groups in total. The number of ketones is 1. The lowest BCUT2D eigenvalue weighted by molar-refractivity contribution is -0.141. The van der Waals surface area contributed by atoms with Crippen LogP contribution in [0.4, 0.5) is 13.2 Å².